The van der Waals surface area contributed by atoms with Crippen LogP contribution in [0.5, 0.6) is 5.88 Å². The lowest BCUT2D eigenvalue weighted by molar-refractivity contribution is -0.125. The van der Waals surface area contributed by atoms with Crippen molar-refractivity contribution in [2.75, 3.05) is 19.7 Å². The number of nitriles is 1. The molecule has 1 fully saturated rings. The number of carbonyl (C=O) groups is 2. The summed E-state index contributed by atoms with van der Waals surface area (Å²) >= 11 is -2.48. The molecular formula is C28H34N4O7S. The van der Waals surface area contributed by atoms with Crippen LogP contribution >= 0.6 is 0 Å². The maximum absolute atomic E-state index is 12.8. The summed E-state index contributed by atoms with van der Waals surface area (Å²) in [7, 11) is 0. The number of rotatable bonds is 7. The lowest BCUT2D eigenvalue weighted by atomic mass is 9.92. The SMILES string of the molecule is Cc1ccc(C(OS(=O)O)C2Cc3c(C#N)nc(OCC4CNC(=O)CN4C(=O)OC(C)(C)C)c(C)c3C2)cc1. The van der Waals surface area contributed by atoms with Gasteiger partial charge in [-0.25, -0.2) is 9.78 Å². The molecular weight excluding hydrogens is 536 g/mol. The third-order valence-electron chi connectivity index (χ3n) is 7.03. The van der Waals surface area contributed by atoms with E-state index in [0.29, 0.717) is 12.8 Å². The highest BCUT2D eigenvalue weighted by atomic mass is 32.2. The number of fused-ring (bicyclic) bond motifs is 1. The molecule has 1 aliphatic carbocycles. The molecule has 214 valence electrons. The average molecular weight is 571 g/mol. The third-order valence-corrected chi connectivity index (χ3v) is 7.40. The smallest absolute Gasteiger partial charge is 0.411 e. The molecule has 2 aliphatic rings. The molecule has 2 aromatic rings. The van der Waals surface area contributed by atoms with Crippen LogP contribution in [0.2, 0.25) is 0 Å². The van der Waals surface area contributed by atoms with Crippen LogP contribution in [-0.2, 0) is 37.9 Å². The Morgan fingerprint density at radius 1 is 1.25 bits per heavy atom. The van der Waals surface area contributed by atoms with E-state index in [-0.39, 0.29) is 43.1 Å². The van der Waals surface area contributed by atoms with E-state index in [9.17, 15) is 23.6 Å². The van der Waals surface area contributed by atoms with Gasteiger partial charge in [0.1, 0.15) is 36.6 Å². The third kappa shape index (κ3) is 6.78. The number of benzene rings is 1. The monoisotopic (exact) mass is 570 g/mol. The molecule has 1 saturated heterocycles. The van der Waals surface area contributed by atoms with Gasteiger partial charge in [0.2, 0.25) is 11.8 Å². The lowest BCUT2D eigenvalue weighted by Gasteiger charge is -2.36. The van der Waals surface area contributed by atoms with Crippen LogP contribution in [0.1, 0.15) is 60.4 Å². The van der Waals surface area contributed by atoms with Crippen LogP contribution in [-0.4, -0.2) is 62.0 Å². The average Bonchev–Trinajstić information content (AvgIpc) is 3.33. The molecule has 2 amide bonds. The first-order chi connectivity index (χ1) is 18.9. The zero-order chi connectivity index (χ0) is 29.2. The van der Waals surface area contributed by atoms with Crippen LogP contribution in [0.15, 0.2) is 24.3 Å². The number of pyridine rings is 1. The zero-order valence-corrected chi connectivity index (χ0v) is 24.0. The molecule has 0 spiro atoms. The van der Waals surface area contributed by atoms with E-state index in [1.165, 1.54) is 4.90 Å². The van der Waals surface area contributed by atoms with Crippen molar-refractivity contribution in [2.45, 2.75) is 65.2 Å². The van der Waals surface area contributed by atoms with Crippen LogP contribution in [0.4, 0.5) is 4.79 Å². The summed E-state index contributed by atoms with van der Waals surface area (Å²) < 4.78 is 38.2. The highest BCUT2D eigenvalue weighted by molar-refractivity contribution is 7.74. The number of nitrogens with one attached hydrogen (secondary N) is 1. The van der Waals surface area contributed by atoms with Crippen molar-refractivity contribution in [1.29, 1.82) is 5.26 Å². The number of amides is 2. The van der Waals surface area contributed by atoms with Crippen molar-refractivity contribution in [3.05, 3.63) is 57.8 Å². The Hall–Kier alpha value is -3.53. The van der Waals surface area contributed by atoms with E-state index in [1.54, 1.807) is 20.8 Å². The topological polar surface area (TPSA) is 151 Å². The van der Waals surface area contributed by atoms with Crippen molar-refractivity contribution >= 4 is 23.4 Å². The molecule has 1 aromatic carbocycles. The molecule has 2 N–H and O–H groups in total. The maximum Gasteiger partial charge on any atom is 0.411 e. The van der Waals surface area contributed by atoms with E-state index in [1.807, 2.05) is 38.1 Å². The number of aryl methyl sites for hydroxylation is 1. The Bertz CT molecular complexity index is 1350. The number of ether oxygens (including phenoxy) is 2. The van der Waals surface area contributed by atoms with Crippen molar-refractivity contribution < 1.29 is 32.0 Å². The van der Waals surface area contributed by atoms with Crippen molar-refractivity contribution in [1.82, 2.24) is 15.2 Å². The molecule has 1 aromatic heterocycles. The number of aromatic nitrogens is 1. The van der Waals surface area contributed by atoms with Gasteiger partial charge in [0.25, 0.3) is 0 Å². The molecule has 2 heterocycles. The van der Waals surface area contributed by atoms with E-state index in [0.717, 1.165) is 27.8 Å². The number of carbonyl (C=O) groups excluding carboxylic acids is 2. The van der Waals surface area contributed by atoms with Gasteiger partial charge in [-0.05, 0) is 70.1 Å². The molecule has 0 radical (unpaired) electrons. The quantitative estimate of drug-likeness (QED) is 0.478. The molecule has 40 heavy (non-hydrogen) atoms. The minimum absolute atomic E-state index is 0.0268. The van der Waals surface area contributed by atoms with Gasteiger partial charge in [-0.2, -0.15) is 9.47 Å². The van der Waals surface area contributed by atoms with Gasteiger partial charge in [-0.3, -0.25) is 18.4 Å². The standard InChI is InChI=1S/C28H34N4O7S/c1-16-6-8-18(9-7-16)25(39-40(35)36)19-10-21-17(2)26(31-23(12-29)22(21)11-19)37-15-20-13-30-24(33)14-32(20)27(34)38-28(3,4)5/h6-9,19-20,25H,10-11,13-15H2,1-5H3,(H,30,33)(H,35,36). The van der Waals surface area contributed by atoms with Gasteiger partial charge >= 0.3 is 17.5 Å². The van der Waals surface area contributed by atoms with Crippen molar-refractivity contribution in [3.8, 4) is 11.9 Å². The van der Waals surface area contributed by atoms with Gasteiger partial charge in [0, 0.05) is 12.1 Å². The van der Waals surface area contributed by atoms with Gasteiger partial charge in [0.15, 0.2) is 0 Å². The Balaban J connectivity index is 1.56. The van der Waals surface area contributed by atoms with Crippen molar-refractivity contribution in [3.63, 3.8) is 0 Å². The summed E-state index contributed by atoms with van der Waals surface area (Å²) in [5, 5.41) is 12.6. The van der Waals surface area contributed by atoms with Gasteiger partial charge in [-0.1, -0.05) is 29.8 Å². The van der Waals surface area contributed by atoms with Gasteiger partial charge < -0.3 is 14.8 Å². The fourth-order valence-corrected chi connectivity index (χ4v) is 5.53. The van der Waals surface area contributed by atoms with Crippen LogP contribution in [0, 0.1) is 31.1 Å². The summed E-state index contributed by atoms with van der Waals surface area (Å²) in [5.74, 6) is -0.232. The molecule has 0 saturated carbocycles. The zero-order valence-electron chi connectivity index (χ0n) is 23.2. The van der Waals surface area contributed by atoms with E-state index in [4.69, 9.17) is 13.7 Å². The second-order valence-corrected chi connectivity index (χ2v) is 11.8. The predicted molar refractivity (Wildman–Crippen MR) is 146 cm³/mol. The minimum atomic E-state index is -2.48. The molecule has 1 aliphatic heterocycles. The summed E-state index contributed by atoms with van der Waals surface area (Å²) in [6.07, 6.45) is -0.335. The minimum Gasteiger partial charge on any atom is -0.475 e. The Morgan fingerprint density at radius 3 is 2.55 bits per heavy atom. The fourth-order valence-electron chi connectivity index (χ4n) is 5.08. The first-order valence-electron chi connectivity index (χ1n) is 13.0. The van der Waals surface area contributed by atoms with Gasteiger partial charge in [-0.15, -0.1) is 0 Å². The Kier molecular flexibility index (Phi) is 8.77. The number of hydrogen-bond acceptors (Lipinski definition) is 8. The van der Waals surface area contributed by atoms with Crippen molar-refractivity contribution in [2.24, 2.45) is 5.92 Å². The first-order valence-corrected chi connectivity index (χ1v) is 14.1. The molecule has 11 nitrogen and oxygen atoms in total. The van der Waals surface area contributed by atoms with Crippen LogP contribution in [0.3, 0.4) is 0 Å². The maximum atomic E-state index is 12.8. The highest BCUT2D eigenvalue weighted by Crippen LogP contribution is 2.42. The lowest BCUT2D eigenvalue weighted by Crippen LogP contribution is -2.59. The van der Waals surface area contributed by atoms with Gasteiger partial charge in [0.05, 0.1) is 6.04 Å². The second-order valence-electron chi connectivity index (χ2n) is 11.1. The van der Waals surface area contributed by atoms with E-state index >= 15 is 0 Å². The molecule has 12 heteroatoms. The summed E-state index contributed by atoms with van der Waals surface area (Å²) in [5.41, 5.74) is 3.71. The number of nitrogens with zero attached hydrogens (tertiary/aromatic N) is 3. The first kappa shape index (κ1) is 29.5. The van der Waals surface area contributed by atoms with E-state index < -0.39 is 35.2 Å². The molecule has 4 unspecified atom stereocenters. The normalized spacial score (nSPS) is 20.2. The van der Waals surface area contributed by atoms with E-state index in [2.05, 4.69) is 16.4 Å². The number of hydrogen-bond donors (Lipinski definition) is 2. The summed E-state index contributed by atoms with van der Waals surface area (Å²) in [6, 6.07) is 9.24. The molecule has 4 atom stereocenters. The fraction of sp³-hybridized carbons (Fsp3) is 0.500. The Morgan fingerprint density at radius 2 is 1.93 bits per heavy atom. The van der Waals surface area contributed by atoms with Crippen LogP contribution < -0.4 is 10.1 Å². The summed E-state index contributed by atoms with van der Waals surface area (Å²) in [6.45, 7) is 9.12. The molecule has 4 rings (SSSR count). The number of piperazine rings is 1. The largest absolute Gasteiger partial charge is 0.475 e. The summed E-state index contributed by atoms with van der Waals surface area (Å²) in [4.78, 5) is 30.6. The van der Waals surface area contributed by atoms with Crippen LogP contribution in [0.25, 0.3) is 0 Å². The Labute approximate surface area is 236 Å². The molecule has 0 bridgehead atoms. The predicted octanol–water partition coefficient (Wildman–Crippen LogP) is 3.29. The second kappa shape index (κ2) is 11.9. The highest BCUT2D eigenvalue weighted by Gasteiger charge is 2.37.